The summed E-state index contributed by atoms with van der Waals surface area (Å²) in [6, 6.07) is 40.6. The molecule has 40 heavy (non-hydrogen) atoms. The second-order valence-corrected chi connectivity index (χ2v) is 10.6. The number of rotatable bonds is 4. The van der Waals surface area contributed by atoms with Crippen molar-refractivity contribution in [1.82, 2.24) is 19.9 Å². The van der Waals surface area contributed by atoms with E-state index in [1.807, 2.05) is 97.1 Å². The van der Waals surface area contributed by atoms with Gasteiger partial charge in [0.1, 0.15) is 16.2 Å². The van der Waals surface area contributed by atoms with Crippen LogP contribution >= 0.6 is 11.3 Å². The maximum atomic E-state index is 6.36. The van der Waals surface area contributed by atoms with Gasteiger partial charge in [-0.25, -0.2) is 19.9 Å². The molecular weight excluding hydrogens is 512 g/mol. The van der Waals surface area contributed by atoms with Crippen LogP contribution in [0.3, 0.4) is 0 Å². The number of hydrogen-bond acceptors (Lipinski definition) is 6. The molecule has 0 saturated heterocycles. The molecule has 5 nitrogen and oxygen atoms in total. The molecule has 0 fully saturated rings. The van der Waals surface area contributed by atoms with Gasteiger partial charge < -0.3 is 4.42 Å². The minimum Gasteiger partial charge on any atom is -0.456 e. The van der Waals surface area contributed by atoms with Gasteiger partial charge in [0, 0.05) is 39.1 Å². The average Bonchev–Trinajstić information content (AvgIpc) is 3.61. The van der Waals surface area contributed by atoms with E-state index >= 15 is 0 Å². The molecule has 0 bridgehead atoms. The Morgan fingerprint density at radius 3 is 1.75 bits per heavy atom. The summed E-state index contributed by atoms with van der Waals surface area (Å²) in [5.41, 5.74) is 6.39. The Morgan fingerprint density at radius 2 is 1.10 bits per heavy atom. The van der Waals surface area contributed by atoms with Gasteiger partial charge in [-0.05, 0) is 12.1 Å². The fourth-order valence-corrected chi connectivity index (χ4v) is 6.06. The lowest BCUT2D eigenvalue weighted by Gasteiger charge is -2.09. The monoisotopic (exact) mass is 532 g/mol. The average molecular weight is 533 g/mol. The molecule has 0 atom stereocenters. The van der Waals surface area contributed by atoms with Gasteiger partial charge >= 0.3 is 0 Å². The first-order valence-corrected chi connectivity index (χ1v) is 13.8. The predicted octanol–water partition coefficient (Wildman–Crippen LogP) is 9.05. The molecule has 0 N–H and O–H groups in total. The van der Waals surface area contributed by atoms with Gasteiger partial charge in [-0.1, -0.05) is 103 Å². The van der Waals surface area contributed by atoms with Crippen molar-refractivity contribution in [2.45, 2.75) is 0 Å². The molecule has 0 aliphatic heterocycles. The molecule has 188 valence electrons. The summed E-state index contributed by atoms with van der Waals surface area (Å²) >= 11 is 1.68. The predicted molar refractivity (Wildman–Crippen MR) is 162 cm³/mol. The molecule has 0 aliphatic rings. The zero-order valence-corrected chi connectivity index (χ0v) is 22.0. The van der Waals surface area contributed by atoms with Gasteiger partial charge in [0.05, 0.1) is 10.2 Å². The van der Waals surface area contributed by atoms with Crippen molar-refractivity contribution in [1.29, 1.82) is 0 Å². The highest BCUT2D eigenvalue weighted by Crippen LogP contribution is 2.40. The van der Waals surface area contributed by atoms with Crippen LogP contribution in [0.4, 0.5) is 0 Å². The number of thiazole rings is 1. The van der Waals surface area contributed by atoms with Gasteiger partial charge in [0.2, 0.25) is 0 Å². The Kier molecular flexibility index (Phi) is 5.24. The van der Waals surface area contributed by atoms with Gasteiger partial charge in [0.25, 0.3) is 0 Å². The largest absolute Gasteiger partial charge is 0.456 e. The van der Waals surface area contributed by atoms with E-state index in [0.717, 1.165) is 59.4 Å². The van der Waals surface area contributed by atoms with Crippen LogP contribution in [0.2, 0.25) is 0 Å². The van der Waals surface area contributed by atoms with Crippen molar-refractivity contribution in [3.63, 3.8) is 0 Å². The summed E-state index contributed by atoms with van der Waals surface area (Å²) in [4.78, 5) is 19.7. The van der Waals surface area contributed by atoms with E-state index in [9.17, 15) is 0 Å². The maximum Gasteiger partial charge on any atom is 0.164 e. The third-order valence-corrected chi connectivity index (χ3v) is 8.03. The third kappa shape index (κ3) is 3.85. The molecule has 0 unspecified atom stereocenters. The van der Waals surface area contributed by atoms with E-state index in [-0.39, 0.29) is 0 Å². The van der Waals surface area contributed by atoms with Crippen molar-refractivity contribution in [2.75, 3.05) is 0 Å². The number of hydrogen-bond donors (Lipinski definition) is 0. The second kappa shape index (κ2) is 9.22. The summed E-state index contributed by atoms with van der Waals surface area (Å²) in [7, 11) is 0. The molecule has 8 aromatic rings. The van der Waals surface area contributed by atoms with Gasteiger partial charge in [0.15, 0.2) is 17.5 Å². The first-order chi connectivity index (χ1) is 19.8. The Hall–Kier alpha value is -5.20. The Bertz CT molecular complexity index is 2100. The standard InChI is InChI=1S/C34H20N4OS/c1-4-11-21(12-5-1)31-36-32(22-13-6-2-7-14-22)38-33(37-31)24-17-10-18-27-30(24)25-19-29-26(20-28(25)39-27)35-34(40-29)23-15-8-3-9-16-23/h1-20H. The van der Waals surface area contributed by atoms with E-state index in [2.05, 4.69) is 24.3 Å². The van der Waals surface area contributed by atoms with Crippen LogP contribution < -0.4 is 0 Å². The van der Waals surface area contributed by atoms with Gasteiger partial charge in [-0.2, -0.15) is 0 Å². The van der Waals surface area contributed by atoms with Crippen molar-refractivity contribution < 1.29 is 4.42 Å². The molecule has 8 rings (SSSR count). The molecule has 6 heteroatoms. The van der Waals surface area contributed by atoms with Crippen LogP contribution in [0.15, 0.2) is 126 Å². The zero-order chi connectivity index (χ0) is 26.5. The lowest BCUT2D eigenvalue weighted by Crippen LogP contribution is -2.00. The van der Waals surface area contributed by atoms with E-state index < -0.39 is 0 Å². The Labute approximate surface area is 233 Å². The van der Waals surface area contributed by atoms with Crippen molar-refractivity contribution in [3.8, 4) is 44.7 Å². The molecule has 3 heterocycles. The number of furan rings is 1. The fraction of sp³-hybridized carbons (Fsp3) is 0. The Morgan fingerprint density at radius 1 is 0.500 bits per heavy atom. The van der Waals surface area contributed by atoms with Crippen LogP contribution in [0.1, 0.15) is 0 Å². The molecule has 5 aromatic carbocycles. The van der Waals surface area contributed by atoms with Crippen LogP contribution in [0.5, 0.6) is 0 Å². The molecule has 3 aromatic heterocycles. The summed E-state index contributed by atoms with van der Waals surface area (Å²) in [5, 5.41) is 2.99. The van der Waals surface area contributed by atoms with E-state index in [4.69, 9.17) is 24.4 Å². The molecule has 0 amide bonds. The number of nitrogens with zero attached hydrogens (tertiary/aromatic N) is 4. The van der Waals surface area contributed by atoms with Crippen LogP contribution in [0.25, 0.3) is 76.9 Å². The highest BCUT2D eigenvalue weighted by molar-refractivity contribution is 7.21. The second-order valence-electron chi connectivity index (χ2n) is 9.52. The molecular formula is C34H20N4OS. The summed E-state index contributed by atoms with van der Waals surface area (Å²) < 4.78 is 7.47. The van der Waals surface area contributed by atoms with E-state index in [1.165, 1.54) is 0 Å². The van der Waals surface area contributed by atoms with Crippen LogP contribution in [0, 0.1) is 0 Å². The molecule has 0 radical (unpaired) electrons. The first kappa shape index (κ1) is 22.8. The minimum absolute atomic E-state index is 0.607. The quantitative estimate of drug-likeness (QED) is 0.226. The normalized spacial score (nSPS) is 11.5. The lowest BCUT2D eigenvalue weighted by molar-refractivity contribution is 0.669. The highest BCUT2D eigenvalue weighted by Gasteiger charge is 2.19. The number of aromatic nitrogens is 4. The number of benzene rings is 5. The summed E-state index contributed by atoms with van der Waals surface area (Å²) in [5.74, 6) is 1.87. The molecule has 0 aliphatic carbocycles. The van der Waals surface area contributed by atoms with E-state index in [1.54, 1.807) is 11.3 Å². The molecule has 0 saturated carbocycles. The minimum atomic E-state index is 0.607. The van der Waals surface area contributed by atoms with Crippen molar-refractivity contribution >= 4 is 43.5 Å². The summed E-state index contributed by atoms with van der Waals surface area (Å²) in [6.45, 7) is 0. The van der Waals surface area contributed by atoms with Crippen molar-refractivity contribution in [3.05, 3.63) is 121 Å². The maximum absolute atomic E-state index is 6.36. The number of fused-ring (bicyclic) bond motifs is 4. The van der Waals surface area contributed by atoms with Crippen LogP contribution in [-0.4, -0.2) is 19.9 Å². The van der Waals surface area contributed by atoms with E-state index in [0.29, 0.717) is 17.5 Å². The van der Waals surface area contributed by atoms with Gasteiger partial charge in [-0.15, -0.1) is 11.3 Å². The van der Waals surface area contributed by atoms with Gasteiger partial charge in [-0.3, -0.25) is 0 Å². The SMILES string of the molecule is c1ccc(-c2nc(-c3ccccc3)nc(-c3cccc4oc5cc6nc(-c7ccccc7)sc6cc5c34)n2)cc1. The topological polar surface area (TPSA) is 64.7 Å². The summed E-state index contributed by atoms with van der Waals surface area (Å²) in [6.07, 6.45) is 0. The zero-order valence-electron chi connectivity index (χ0n) is 21.2. The van der Waals surface area contributed by atoms with Crippen LogP contribution in [-0.2, 0) is 0 Å². The lowest BCUT2D eigenvalue weighted by atomic mass is 10.1. The smallest absolute Gasteiger partial charge is 0.164 e. The highest BCUT2D eigenvalue weighted by atomic mass is 32.1. The Balaban J connectivity index is 1.36. The molecule has 0 spiro atoms. The van der Waals surface area contributed by atoms with Crippen molar-refractivity contribution in [2.24, 2.45) is 0 Å². The fourth-order valence-electron chi connectivity index (χ4n) is 5.07. The first-order valence-electron chi connectivity index (χ1n) is 13.0. The third-order valence-electron chi connectivity index (χ3n) is 6.97.